The van der Waals surface area contributed by atoms with Gasteiger partial charge in [0.1, 0.15) is 5.65 Å². The summed E-state index contributed by atoms with van der Waals surface area (Å²) in [6, 6.07) is 50.8. The quantitative estimate of drug-likeness (QED) is 0.183. The molecule has 0 N–H and O–H groups in total. The van der Waals surface area contributed by atoms with Crippen LogP contribution < -0.4 is 0 Å². The van der Waals surface area contributed by atoms with Gasteiger partial charge < -0.3 is 8.97 Å². The summed E-state index contributed by atoms with van der Waals surface area (Å²) >= 11 is 1.94. The molecule has 0 radical (unpaired) electrons. The number of benzene rings is 6. The van der Waals surface area contributed by atoms with Crippen molar-refractivity contribution in [1.29, 1.82) is 0 Å². The summed E-state index contributed by atoms with van der Waals surface area (Å²) in [5.41, 5.74) is 14.6. The molecule has 0 spiro atoms. The Hall–Kier alpha value is -6.23. The lowest BCUT2D eigenvalue weighted by Gasteiger charge is -2.17. The van der Waals surface area contributed by atoms with Gasteiger partial charge in [0, 0.05) is 54.6 Å². The Kier molecular flexibility index (Phi) is 6.25. The number of pyridine rings is 1. The standard InChI is InChI=1S/C47H31N3S/c1-3-11-30(12-4-1)33-20-24-41-38(27-33)45-46(50(41)35-22-18-32(19-23-35)40-29-49-26-10-9-17-43(49)48-40)37-16-8-7-15-36(37)44-39-28-34(31-13-5-2-6-14-31)21-25-42(39)51-47(44)45/h1-7,9-15,17-29H,8,16H2. The number of hydrogen-bond acceptors (Lipinski definition) is 2. The summed E-state index contributed by atoms with van der Waals surface area (Å²) in [7, 11) is 0. The number of thiophene rings is 1. The summed E-state index contributed by atoms with van der Waals surface area (Å²) in [6.07, 6.45) is 11.0. The average molecular weight is 670 g/mol. The van der Waals surface area contributed by atoms with Gasteiger partial charge in [-0.3, -0.25) is 0 Å². The van der Waals surface area contributed by atoms with Crippen LogP contribution in [-0.2, 0) is 6.42 Å². The predicted octanol–water partition coefficient (Wildman–Crippen LogP) is 12.8. The predicted molar refractivity (Wildman–Crippen MR) is 216 cm³/mol. The number of imidazole rings is 1. The molecule has 240 valence electrons. The largest absolute Gasteiger partial charge is 0.309 e. The molecule has 10 aromatic rings. The highest BCUT2D eigenvalue weighted by Gasteiger charge is 2.25. The fraction of sp³-hybridized carbons (Fsp3) is 0.0426. The van der Waals surface area contributed by atoms with Crippen molar-refractivity contribution in [2.45, 2.75) is 12.8 Å². The summed E-state index contributed by atoms with van der Waals surface area (Å²) in [6.45, 7) is 0. The number of rotatable bonds is 4. The van der Waals surface area contributed by atoms with Gasteiger partial charge in [0.2, 0.25) is 0 Å². The van der Waals surface area contributed by atoms with E-state index in [4.69, 9.17) is 4.98 Å². The van der Waals surface area contributed by atoms with Gasteiger partial charge in [-0.05, 0) is 94.8 Å². The van der Waals surface area contributed by atoms with Crippen molar-refractivity contribution in [3.8, 4) is 39.2 Å². The van der Waals surface area contributed by atoms with Crippen LogP contribution in [0.25, 0.3) is 92.9 Å². The topological polar surface area (TPSA) is 22.2 Å². The van der Waals surface area contributed by atoms with E-state index < -0.39 is 0 Å². The van der Waals surface area contributed by atoms with Gasteiger partial charge in [0.15, 0.2) is 0 Å². The third-order valence-electron chi connectivity index (χ3n) is 10.6. The number of hydrogen-bond donors (Lipinski definition) is 0. The highest BCUT2D eigenvalue weighted by Crippen LogP contribution is 2.49. The molecule has 6 aromatic carbocycles. The molecular formula is C47H31N3S. The van der Waals surface area contributed by atoms with Crippen LogP contribution >= 0.6 is 11.3 Å². The normalized spacial score (nSPS) is 12.9. The van der Waals surface area contributed by atoms with Gasteiger partial charge in [-0.2, -0.15) is 0 Å². The lowest BCUT2D eigenvalue weighted by molar-refractivity contribution is 0.988. The van der Waals surface area contributed by atoms with Crippen LogP contribution in [-0.4, -0.2) is 14.0 Å². The van der Waals surface area contributed by atoms with Crippen LogP contribution in [0.3, 0.4) is 0 Å². The van der Waals surface area contributed by atoms with E-state index in [0.717, 1.165) is 29.7 Å². The number of allylic oxidation sites excluding steroid dienone is 1. The molecule has 0 atom stereocenters. The first-order chi connectivity index (χ1) is 25.3. The van der Waals surface area contributed by atoms with E-state index in [1.54, 1.807) is 0 Å². The van der Waals surface area contributed by atoms with Crippen LogP contribution in [0.1, 0.15) is 17.5 Å². The van der Waals surface area contributed by atoms with Crippen LogP contribution in [0.15, 0.2) is 158 Å². The Balaban J connectivity index is 1.22. The maximum Gasteiger partial charge on any atom is 0.137 e. The third kappa shape index (κ3) is 4.40. The van der Waals surface area contributed by atoms with Gasteiger partial charge in [-0.15, -0.1) is 11.3 Å². The molecule has 0 aliphatic heterocycles. The zero-order valence-corrected chi connectivity index (χ0v) is 28.6. The van der Waals surface area contributed by atoms with Crippen LogP contribution in [0, 0.1) is 0 Å². The molecule has 4 aromatic heterocycles. The average Bonchev–Trinajstić information content (AvgIpc) is 3.90. The van der Waals surface area contributed by atoms with E-state index in [1.807, 2.05) is 23.5 Å². The van der Waals surface area contributed by atoms with Gasteiger partial charge in [-0.25, -0.2) is 4.98 Å². The zero-order chi connectivity index (χ0) is 33.5. The smallest absolute Gasteiger partial charge is 0.137 e. The second-order valence-corrected chi connectivity index (χ2v) is 14.6. The number of fused-ring (bicyclic) bond motifs is 11. The highest BCUT2D eigenvalue weighted by molar-refractivity contribution is 7.27. The van der Waals surface area contributed by atoms with E-state index in [0.29, 0.717) is 0 Å². The third-order valence-corrected chi connectivity index (χ3v) is 11.8. The minimum absolute atomic E-state index is 0.955. The van der Waals surface area contributed by atoms with Crippen molar-refractivity contribution in [2.75, 3.05) is 0 Å². The molecule has 0 saturated heterocycles. The molecule has 11 rings (SSSR count). The first-order valence-corrected chi connectivity index (χ1v) is 18.4. The molecule has 0 bridgehead atoms. The van der Waals surface area contributed by atoms with Crippen LogP contribution in [0.2, 0.25) is 0 Å². The Morgan fingerprint density at radius 3 is 2.08 bits per heavy atom. The van der Waals surface area contributed by atoms with Gasteiger partial charge >= 0.3 is 0 Å². The van der Waals surface area contributed by atoms with Crippen molar-refractivity contribution in [2.24, 2.45) is 0 Å². The molecule has 0 unspecified atom stereocenters. The van der Waals surface area contributed by atoms with E-state index >= 15 is 0 Å². The number of nitrogens with zero attached hydrogens (tertiary/aromatic N) is 3. The minimum Gasteiger partial charge on any atom is -0.309 e. The van der Waals surface area contributed by atoms with E-state index in [9.17, 15) is 0 Å². The van der Waals surface area contributed by atoms with E-state index in [2.05, 4.69) is 161 Å². The molecular weight excluding hydrogens is 639 g/mol. The maximum absolute atomic E-state index is 4.90. The first kappa shape index (κ1) is 28.6. The molecule has 3 nitrogen and oxygen atoms in total. The number of aryl methyl sites for hydroxylation is 1. The van der Waals surface area contributed by atoms with E-state index in [-0.39, 0.29) is 0 Å². The molecule has 0 amide bonds. The molecule has 1 aliphatic carbocycles. The van der Waals surface area contributed by atoms with Crippen molar-refractivity contribution in [1.82, 2.24) is 14.0 Å². The van der Waals surface area contributed by atoms with Gasteiger partial charge in [0.05, 0.1) is 16.7 Å². The zero-order valence-electron chi connectivity index (χ0n) is 27.8. The SMILES string of the molecule is C1=Cc2c(c3c(c4cc(-c5ccccc5)ccc4n3-c3ccc(-c4cn5ccccc5n4)cc3)c3sc4ccc(-c5ccccc5)cc4c23)CC1. The Morgan fingerprint density at radius 2 is 1.31 bits per heavy atom. The number of aromatic nitrogens is 3. The molecule has 1 aliphatic rings. The fourth-order valence-corrected chi connectivity index (χ4v) is 9.49. The molecule has 0 fully saturated rings. The molecule has 4 heteroatoms. The fourth-order valence-electron chi connectivity index (χ4n) is 8.24. The second-order valence-electron chi connectivity index (χ2n) is 13.5. The Morgan fingerprint density at radius 1 is 0.608 bits per heavy atom. The summed E-state index contributed by atoms with van der Waals surface area (Å²) < 4.78 is 7.31. The molecule has 51 heavy (non-hydrogen) atoms. The Labute approximate surface area is 299 Å². The second kappa shape index (κ2) is 11.1. The Bertz CT molecular complexity index is 2960. The van der Waals surface area contributed by atoms with Gasteiger partial charge in [0.25, 0.3) is 0 Å². The van der Waals surface area contributed by atoms with Crippen molar-refractivity contribution in [3.63, 3.8) is 0 Å². The molecule has 0 saturated carbocycles. The van der Waals surface area contributed by atoms with Crippen LogP contribution in [0.4, 0.5) is 0 Å². The van der Waals surface area contributed by atoms with Gasteiger partial charge in [-0.1, -0.05) is 103 Å². The highest BCUT2D eigenvalue weighted by atomic mass is 32.1. The minimum atomic E-state index is 0.955. The maximum atomic E-state index is 4.90. The van der Waals surface area contributed by atoms with E-state index in [1.165, 1.54) is 81.0 Å². The van der Waals surface area contributed by atoms with Crippen molar-refractivity contribution >= 4 is 65.0 Å². The lowest BCUT2D eigenvalue weighted by atomic mass is 9.90. The monoisotopic (exact) mass is 669 g/mol. The van der Waals surface area contributed by atoms with Crippen molar-refractivity contribution < 1.29 is 0 Å². The molecule has 4 heterocycles. The summed E-state index contributed by atoms with van der Waals surface area (Å²) in [5, 5.41) is 5.39. The first-order valence-electron chi connectivity index (χ1n) is 17.6. The summed E-state index contributed by atoms with van der Waals surface area (Å²) in [5.74, 6) is 0. The van der Waals surface area contributed by atoms with Crippen molar-refractivity contribution in [3.05, 3.63) is 169 Å². The lowest BCUT2D eigenvalue weighted by Crippen LogP contribution is -2.02. The summed E-state index contributed by atoms with van der Waals surface area (Å²) in [4.78, 5) is 4.90. The van der Waals surface area contributed by atoms with Crippen LogP contribution in [0.5, 0.6) is 0 Å².